The van der Waals surface area contributed by atoms with Crippen LogP contribution in [0.5, 0.6) is 0 Å². The molecule has 1 aliphatic heterocycles. The van der Waals surface area contributed by atoms with E-state index in [-0.39, 0.29) is 11.9 Å². The number of nitrogens with zero attached hydrogens (tertiary/aromatic N) is 4. The molecule has 0 aliphatic carbocycles. The lowest BCUT2D eigenvalue weighted by Crippen LogP contribution is -2.38. The fourth-order valence-corrected chi connectivity index (χ4v) is 3.66. The van der Waals surface area contributed by atoms with Crippen molar-refractivity contribution in [1.29, 1.82) is 0 Å². The van der Waals surface area contributed by atoms with E-state index in [0.29, 0.717) is 0 Å². The van der Waals surface area contributed by atoms with E-state index in [1.165, 1.54) is 0 Å². The second-order valence-corrected chi connectivity index (χ2v) is 6.54. The summed E-state index contributed by atoms with van der Waals surface area (Å²) >= 11 is 0. The SMILES string of the molecule is Cc1cc(C)n(C[C@@H]2CCCN2C(=O)c2cccc3[nH]ncc23)n1. The fourth-order valence-electron chi connectivity index (χ4n) is 3.66. The Bertz CT molecular complexity index is 894. The van der Waals surface area contributed by atoms with Gasteiger partial charge in [-0.1, -0.05) is 6.07 Å². The maximum Gasteiger partial charge on any atom is 0.254 e. The van der Waals surface area contributed by atoms with Crippen molar-refractivity contribution in [2.24, 2.45) is 0 Å². The molecule has 4 rings (SSSR count). The molecule has 1 fully saturated rings. The van der Waals surface area contributed by atoms with Crippen LogP contribution in [0.1, 0.15) is 34.6 Å². The van der Waals surface area contributed by atoms with Crippen LogP contribution in [0.3, 0.4) is 0 Å². The van der Waals surface area contributed by atoms with Crippen molar-refractivity contribution in [2.45, 2.75) is 39.3 Å². The van der Waals surface area contributed by atoms with E-state index >= 15 is 0 Å². The highest BCUT2D eigenvalue weighted by molar-refractivity contribution is 6.06. The number of fused-ring (bicyclic) bond motifs is 1. The number of carbonyl (C=O) groups excluding carboxylic acids is 1. The molecule has 6 heteroatoms. The van der Waals surface area contributed by atoms with Crippen LogP contribution in [0.2, 0.25) is 0 Å². The minimum absolute atomic E-state index is 0.0889. The lowest BCUT2D eigenvalue weighted by atomic mass is 10.1. The number of aromatic nitrogens is 4. The Hall–Kier alpha value is -2.63. The predicted molar refractivity (Wildman–Crippen MR) is 91.9 cm³/mol. The van der Waals surface area contributed by atoms with Crippen molar-refractivity contribution in [2.75, 3.05) is 6.54 Å². The number of carbonyl (C=O) groups is 1. The topological polar surface area (TPSA) is 66.8 Å². The molecule has 1 N–H and O–H groups in total. The van der Waals surface area contributed by atoms with E-state index in [9.17, 15) is 4.79 Å². The van der Waals surface area contributed by atoms with Crippen LogP contribution in [0.25, 0.3) is 10.9 Å². The van der Waals surface area contributed by atoms with Gasteiger partial charge in [-0.15, -0.1) is 0 Å². The summed E-state index contributed by atoms with van der Waals surface area (Å²) in [5.41, 5.74) is 3.78. The lowest BCUT2D eigenvalue weighted by Gasteiger charge is -2.25. The molecule has 0 radical (unpaired) electrons. The number of aryl methyl sites for hydroxylation is 2. The van der Waals surface area contributed by atoms with E-state index in [4.69, 9.17) is 0 Å². The molecule has 1 aliphatic rings. The lowest BCUT2D eigenvalue weighted by molar-refractivity contribution is 0.0723. The monoisotopic (exact) mass is 323 g/mol. The molecule has 3 aromatic rings. The molecular weight excluding hydrogens is 302 g/mol. The summed E-state index contributed by atoms with van der Waals surface area (Å²) in [7, 11) is 0. The Balaban J connectivity index is 1.61. The Morgan fingerprint density at radius 2 is 2.25 bits per heavy atom. The van der Waals surface area contributed by atoms with Crippen LogP contribution in [0, 0.1) is 13.8 Å². The van der Waals surface area contributed by atoms with Crippen LogP contribution in [-0.2, 0) is 6.54 Å². The van der Waals surface area contributed by atoms with Crippen molar-refractivity contribution >= 4 is 16.8 Å². The van der Waals surface area contributed by atoms with Crippen LogP contribution in [0.15, 0.2) is 30.5 Å². The van der Waals surface area contributed by atoms with Gasteiger partial charge in [-0.05, 0) is 44.9 Å². The number of aromatic amines is 1. The molecule has 24 heavy (non-hydrogen) atoms. The van der Waals surface area contributed by atoms with E-state index in [2.05, 4.69) is 28.3 Å². The highest BCUT2D eigenvalue weighted by atomic mass is 16.2. The minimum atomic E-state index is 0.0889. The maximum atomic E-state index is 13.1. The van der Waals surface area contributed by atoms with Gasteiger partial charge in [0.25, 0.3) is 5.91 Å². The van der Waals surface area contributed by atoms with Crippen molar-refractivity contribution in [3.05, 3.63) is 47.4 Å². The van der Waals surface area contributed by atoms with E-state index in [0.717, 1.165) is 53.8 Å². The highest BCUT2D eigenvalue weighted by Crippen LogP contribution is 2.25. The number of hydrogen-bond acceptors (Lipinski definition) is 3. The van der Waals surface area contributed by atoms with Crippen molar-refractivity contribution in [1.82, 2.24) is 24.9 Å². The summed E-state index contributed by atoms with van der Waals surface area (Å²) in [6, 6.07) is 8.00. The number of rotatable bonds is 3. The second-order valence-electron chi connectivity index (χ2n) is 6.54. The van der Waals surface area contributed by atoms with Crippen molar-refractivity contribution < 1.29 is 4.79 Å². The Morgan fingerprint density at radius 1 is 1.38 bits per heavy atom. The summed E-state index contributed by atoms with van der Waals surface area (Å²) in [6.07, 6.45) is 3.79. The third-order valence-corrected chi connectivity index (χ3v) is 4.84. The molecule has 0 spiro atoms. The number of benzene rings is 1. The molecule has 1 amide bonds. The molecule has 3 heterocycles. The molecule has 124 valence electrons. The largest absolute Gasteiger partial charge is 0.334 e. The van der Waals surface area contributed by atoms with E-state index in [1.54, 1.807) is 6.20 Å². The van der Waals surface area contributed by atoms with Gasteiger partial charge in [-0.2, -0.15) is 10.2 Å². The molecule has 0 bridgehead atoms. The van der Waals surface area contributed by atoms with Crippen LogP contribution >= 0.6 is 0 Å². The Labute approximate surface area is 140 Å². The van der Waals surface area contributed by atoms with Gasteiger partial charge in [-0.25, -0.2) is 0 Å². The molecule has 1 aromatic carbocycles. The van der Waals surface area contributed by atoms with Gasteiger partial charge in [0, 0.05) is 17.6 Å². The first-order valence-corrected chi connectivity index (χ1v) is 8.37. The van der Waals surface area contributed by atoms with Crippen LogP contribution in [-0.4, -0.2) is 43.4 Å². The molecule has 0 unspecified atom stereocenters. The number of likely N-dealkylation sites (tertiary alicyclic amines) is 1. The number of nitrogens with one attached hydrogen (secondary N) is 1. The average molecular weight is 323 g/mol. The first-order valence-electron chi connectivity index (χ1n) is 8.37. The molecule has 1 saturated heterocycles. The fraction of sp³-hybridized carbons (Fsp3) is 0.389. The van der Waals surface area contributed by atoms with Gasteiger partial charge in [0.15, 0.2) is 0 Å². The van der Waals surface area contributed by atoms with E-state index in [1.807, 2.05) is 34.7 Å². The number of hydrogen-bond donors (Lipinski definition) is 1. The van der Waals surface area contributed by atoms with Gasteiger partial charge < -0.3 is 4.90 Å². The molecule has 1 atom stereocenters. The second kappa shape index (κ2) is 5.78. The third kappa shape index (κ3) is 2.48. The quantitative estimate of drug-likeness (QED) is 0.806. The normalized spacial score (nSPS) is 17.8. The summed E-state index contributed by atoms with van der Waals surface area (Å²) in [6.45, 7) is 5.62. The van der Waals surface area contributed by atoms with Gasteiger partial charge >= 0.3 is 0 Å². The highest BCUT2D eigenvalue weighted by Gasteiger charge is 2.31. The molecule has 2 aromatic heterocycles. The average Bonchev–Trinajstić information content (AvgIpc) is 3.27. The zero-order valence-corrected chi connectivity index (χ0v) is 14.0. The summed E-state index contributed by atoms with van der Waals surface area (Å²) < 4.78 is 2.02. The minimum Gasteiger partial charge on any atom is -0.334 e. The van der Waals surface area contributed by atoms with Gasteiger partial charge in [0.2, 0.25) is 0 Å². The zero-order chi connectivity index (χ0) is 16.7. The summed E-state index contributed by atoms with van der Waals surface area (Å²) in [5, 5.41) is 12.4. The predicted octanol–water partition coefficient (Wildman–Crippen LogP) is 2.68. The van der Waals surface area contributed by atoms with Crippen LogP contribution in [0.4, 0.5) is 0 Å². The zero-order valence-electron chi connectivity index (χ0n) is 14.0. The summed E-state index contributed by atoms with van der Waals surface area (Å²) in [4.78, 5) is 15.1. The third-order valence-electron chi connectivity index (χ3n) is 4.84. The van der Waals surface area contributed by atoms with Gasteiger partial charge in [0.1, 0.15) is 0 Å². The van der Waals surface area contributed by atoms with Crippen LogP contribution < -0.4 is 0 Å². The molecular formula is C18H21N5O. The first-order chi connectivity index (χ1) is 11.6. The van der Waals surface area contributed by atoms with Gasteiger partial charge in [0.05, 0.1) is 35.6 Å². The summed E-state index contributed by atoms with van der Waals surface area (Å²) in [5.74, 6) is 0.0889. The van der Waals surface area contributed by atoms with Crippen molar-refractivity contribution in [3.8, 4) is 0 Å². The van der Waals surface area contributed by atoms with E-state index < -0.39 is 0 Å². The number of H-pyrrole nitrogens is 1. The standard InChI is InChI=1S/C18H21N5O/c1-12-9-13(2)23(21-12)11-14-5-4-8-22(14)18(24)15-6-3-7-17-16(15)10-19-20-17/h3,6-7,9-10,14H,4-5,8,11H2,1-2H3,(H,19,20)/t14-/m0/s1. The van der Waals surface area contributed by atoms with Gasteiger partial charge in [-0.3, -0.25) is 14.6 Å². The smallest absolute Gasteiger partial charge is 0.254 e. The Morgan fingerprint density at radius 3 is 3.04 bits per heavy atom. The number of amides is 1. The molecule has 6 nitrogen and oxygen atoms in total. The van der Waals surface area contributed by atoms with Crippen molar-refractivity contribution in [3.63, 3.8) is 0 Å². The first kappa shape index (κ1) is 14.9. The maximum absolute atomic E-state index is 13.1. The Kier molecular flexibility index (Phi) is 3.59. The molecule has 0 saturated carbocycles.